The van der Waals surface area contributed by atoms with Crippen molar-refractivity contribution in [2.45, 2.75) is 12.6 Å². The van der Waals surface area contributed by atoms with E-state index >= 15 is 0 Å². The van der Waals surface area contributed by atoms with Crippen LogP contribution in [0, 0.1) is 0 Å². The Balaban J connectivity index is 2.54. The molecule has 1 aromatic carbocycles. The van der Waals surface area contributed by atoms with Crippen LogP contribution in [-0.4, -0.2) is 36.4 Å². The van der Waals surface area contributed by atoms with Crippen molar-refractivity contribution in [1.29, 1.82) is 0 Å². The van der Waals surface area contributed by atoms with Crippen molar-refractivity contribution in [2.75, 3.05) is 18.5 Å². The molecule has 2 N–H and O–H groups in total. The highest BCUT2D eigenvalue weighted by Crippen LogP contribution is 2.21. The Morgan fingerprint density at radius 2 is 2.00 bits per heavy atom. The number of anilines is 1. The van der Waals surface area contributed by atoms with Gasteiger partial charge in [0.05, 0.1) is 24.3 Å². The fraction of sp³-hybridized carbons (Fsp3) is 0.333. The monoisotopic (exact) mass is 369 g/mol. The molecule has 0 aliphatic rings. The molecule has 0 heterocycles. The lowest BCUT2D eigenvalue weighted by Gasteiger charge is -2.10. The molecule has 0 saturated heterocycles. The second-order valence-electron chi connectivity index (χ2n) is 3.96. The molecule has 1 amide bonds. The molecule has 0 radical (unpaired) electrons. The topological polar surface area (TPSA) is 75.6 Å². The molecule has 0 fully saturated rings. The van der Waals surface area contributed by atoms with E-state index in [2.05, 4.69) is 26.0 Å². The van der Waals surface area contributed by atoms with E-state index in [1.807, 2.05) is 0 Å². The van der Waals surface area contributed by atoms with Gasteiger partial charge in [0.1, 0.15) is 6.61 Å². The highest BCUT2D eigenvalue weighted by molar-refractivity contribution is 9.10. The molecule has 0 aliphatic carbocycles. The number of carboxylic acids is 1. The second-order valence-corrected chi connectivity index (χ2v) is 4.88. The van der Waals surface area contributed by atoms with Crippen molar-refractivity contribution >= 4 is 33.5 Å². The fourth-order valence-electron chi connectivity index (χ4n) is 1.37. The summed E-state index contributed by atoms with van der Waals surface area (Å²) in [5.74, 6) is -1.87. The Bertz CT molecular complexity index is 534. The Morgan fingerprint density at radius 1 is 1.33 bits per heavy atom. The highest BCUT2D eigenvalue weighted by Gasteiger charge is 2.27. The number of carbonyl (C=O) groups is 2. The summed E-state index contributed by atoms with van der Waals surface area (Å²) in [6, 6.07) is 4.21. The van der Waals surface area contributed by atoms with Crippen LogP contribution >= 0.6 is 15.9 Å². The van der Waals surface area contributed by atoms with Crippen molar-refractivity contribution in [3.05, 3.63) is 28.2 Å². The summed E-state index contributed by atoms with van der Waals surface area (Å²) in [7, 11) is 0. The number of hydrogen-bond donors (Lipinski definition) is 2. The van der Waals surface area contributed by atoms with Crippen LogP contribution in [0.2, 0.25) is 0 Å². The number of hydrogen-bond acceptors (Lipinski definition) is 3. The standard InChI is InChI=1S/C12H11BrF3NO4/c13-7-1-2-9(8(5-7)11(19)20)17-10(18)3-4-21-6-12(14,15)16/h1-2,5H,3-4,6H2,(H,17,18)(H,19,20). The lowest BCUT2D eigenvalue weighted by atomic mass is 10.2. The van der Waals surface area contributed by atoms with Crippen molar-refractivity contribution in [2.24, 2.45) is 0 Å². The van der Waals surface area contributed by atoms with Gasteiger partial charge >= 0.3 is 12.1 Å². The molecule has 21 heavy (non-hydrogen) atoms. The van der Waals surface area contributed by atoms with E-state index in [0.29, 0.717) is 4.47 Å². The van der Waals surface area contributed by atoms with Gasteiger partial charge in [-0.15, -0.1) is 0 Å². The number of carbonyl (C=O) groups excluding carboxylic acids is 1. The Kier molecular flexibility index (Phi) is 6.16. The lowest BCUT2D eigenvalue weighted by molar-refractivity contribution is -0.174. The third-order valence-electron chi connectivity index (χ3n) is 2.23. The first-order chi connectivity index (χ1) is 9.69. The van der Waals surface area contributed by atoms with E-state index in [-0.39, 0.29) is 17.7 Å². The quantitative estimate of drug-likeness (QED) is 0.755. The number of benzene rings is 1. The number of ether oxygens (including phenoxy) is 1. The summed E-state index contributed by atoms with van der Waals surface area (Å²) >= 11 is 3.10. The lowest BCUT2D eigenvalue weighted by Crippen LogP contribution is -2.20. The zero-order chi connectivity index (χ0) is 16.0. The summed E-state index contributed by atoms with van der Waals surface area (Å²) in [5, 5.41) is 11.3. The van der Waals surface area contributed by atoms with Crippen LogP contribution in [0.15, 0.2) is 22.7 Å². The summed E-state index contributed by atoms with van der Waals surface area (Å²) in [4.78, 5) is 22.5. The van der Waals surface area contributed by atoms with Gasteiger partial charge in [-0.2, -0.15) is 13.2 Å². The van der Waals surface area contributed by atoms with Gasteiger partial charge in [0.2, 0.25) is 5.91 Å². The number of rotatable bonds is 6. The number of aromatic carboxylic acids is 1. The van der Waals surface area contributed by atoms with Crippen LogP contribution in [0.1, 0.15) is 16.8 Å². The largest absolute Gasteiger partial charge is 0.478 e. The maximum Gasteiger partial charge on any atom is 0.411 e. The molecular formula is C12H11BrF3NO4. The van der Waals surface area contributed by atoms with Gasteiger partial charge in [0.15, 0.2) is 0 Å². The average molecular weight is 370 g/mol. The normalized spacial score (nSPS) is 11.2. The predicted octanol–water partition coefficient (Wildman–Crippen LogP) is 3.05. The van der Waals surface area contributed by atoms with Crippen molar-refractivity contribution < 1.29 is 32.6 Å². The first-order valence-electron chi connectivity index (χ1n) is 5.66. The van der Waals surface area contributed by atoms with Gasteiger partial charge in [-0.1, -0.05) is 15.9 Å². The Hall–Kier alpha value is -1.61. The van der Waals surface area contributed by atoms with E-state index in [0.717, 1.165) is 0 Å². The van der Waals surface area contributed by atoms with E-state index in [1.165, 1.54) is 18.2 Å². The maximum absolute atomic E-state index is 11.8. The molecule has 0 spiro atoms. The van der Waals surface area contributed by atoms with Gasteiger partial charge in [-0.05, 0) is 18.2 Å². The van der Waals surface area contributed by atoms with Crippen LogP contribution in [0.4, 0.5) is 18.9 Å². The van der Waals surface area contributed by atoms with Crippen molar-refractivity contribution in [3.8, 4) is 0 Å². The molecule has 0 aliphatic heterocycles. The first-order valence-corrected chi connectivity index (χ1v) is 6.45. The highest BCUT2D eigenvalue weighted by atomic mass is 79.9. The van der Waals surface area contributed by atoms with Crippen LogP contribution in [0.25, 0.3) is 0 Å². The molecule has 116 valence electrons. The van der Waals surface area contributed by atoms with E-state index in [1.54, 1.807) is 0 Å². The van der Waals surface area contributed by atoms with Gasteiger partial charge in [0, 0.05) is 4.47 Å². The molecule has 1 rings (SSSR count). The summed E-state index contributed by atoms with van der Waals surface area (Å²) in [6.45, 7) is -1.84. The number of alkyl halides is 3. The molecule has 5 nitrogen and oxygen atoms in total. The SMILES string of the molecule is O=C(CCOCC(F)(F)F)Nc1ccc(Br)cc1C(=O)O. The fourth-order valence-corrected chi connectivity index (χ4v) is 1.73. The minimum absolute atomic E-state index is 0.0616. The van der Waals surface area contributed by atoms with E-state index in [9.17, 15) is 22.8 Å². The molecule has 9 heteroatoms. The Morgan fingerprint density at radius 3 is 2.57 bits per heavy atom. The zero-order valence-electron chi connectivity index (χ0n) is 10.5. The Labute approximate surface area is 126 Å². The molecule has 0 unspecified atom stereocenters. The molecular weight excluding hydrogens is 359 g/mol. The van der Waals surface area contributed by atoms with Gasteiger partial charge in [-0.3, -0.25) is 4.79 Å². The number of carboxylic acid groups (broad SMARTS) is 1. The first kappa shape index (κ1) is 17.4. The van der Waals surface area contributed by atoms with Crippen LogP contribution in [-0.2, 0) is 9.53 Å². The van der Waals surface area contributed by atoms with Gasteiger partial charge in [0.25, 0.3) is 0 Å². The predicted molar refractivity (Wildman–Crippen MR) is 71.2 cm³/mol. The number of nitrogens with one attached hydrogen (secondary N) is 1. The van der Waals surface area contributed by atoms with Crippen LogP contribution in [0.5, 0.6) is 0 Å². The molecule has 1 aromatic rings. The van der Waals surface area contributed by atoms with Gasteiger partial charge in [-0.25, -0.2) is 4.79 Å². The molecule has 0 bridgehead atoms. The van der Waals surface area contributed by atoms with E-state index in [4.69, 9.17) is 5.11 Å². The summed E-state index contributed by atoms with van der Waals surface area (Å²) in [6.07, 6.45) is -4.76. The number of halogens is 4. The third kappa shape index (κ3) is 6.58. The van der Waals surface area contributed by atoms with Crippen molar-refractivity contribution in [3.63, 3.8) is 0 Å². The van der Waals surface area contributed by atoms with Crippen LogP contribution in [0.3, 0.4) is 0 Å². The molecule has 0 saturated carbocycles. The minimum Gasteiger partial charge on any atom is -0.478 e. The smallest absolute Gasteiger partial charge is 0.411 e. The third-order valence-corrected chi connectivity index (χ3v) is 2.72. The van der Waals surface area contributed by atoms with E-state index < -0.39 is 31.3 Å². The average Bonchev–Trinajstić information content (AvgIpc) is 2.35. The molecule has 0 atom stereocenters. The summed E-state index contributed by atoms with van der Waals surface area (Å²) in [5.41, 5.74) is -0.0690. The molecule has 0 aromatic heterocycles. The van der Waals surface area contributed by atoms with Crippen LogP contribution < -0.4 is 5.32 Å². The summed E-state index contributed by atoms with van der Waals surface area (Å²) < 4.78 is 40.2. The second kappa shape index (κ2) is 7.41. The number of amides is 1. The van der Waals surface area contributed by atoms with Gasteiger partial charge < -0.3 is 15.2 Å². The zero-order valence-corrected chi connectivity index (χ0v) is 12.1. The maximum atomic E-state index is 11.8. The van der Waals surface area contributed by atoms with Crippen molar-refractivity contribution in [1.82, 2.24) is 0 Å². The minimum atomic E-state index is -4.45.